The molecule has 0 aromatic rings. The molecule has 8 nitrogen and oxygen atoms in total. The summed E-state index contributed by atoms with van der Waals surface area (Å²) >= 11 is 0. The number of hydrogen-bond donors (Lipinski definition) is 1. The zero-order valence-corrected chi connectivity index (χ0v) is 24.0. The van der Waals surface area contributed by atoms with Crippen molar-refractivity contribution in [1.29, 1.82) is 0 Å². The number of carbonyl (C=O) groups excluding carboxylic acids is 1. The van der Waals surface area contributed by atoms with Crippen LogP contribution in [0.5, 0.6) is 0 Å². The van der Waals surface area contributed by atoms with Crippen LogP contribution in [0.15, 0.2) is 0 Å². The van der Waals surface area contributed by atoms with E-state index in [2.05, 4.69) is 12.2 Å². The van der Waals surface area contributed by atoms with Crippen LogP contribution in [-0.2, 0) is 33.2 Å². The summed E-state index contributed by atoms with van der Waals surface area (Å²) < 4.78 is 32.3. The van der Waals surface area contributed by atoms with Gasteiger partial charge in [0.25, 0.3) is 6.48 Å². The maximum absolute atomic E-state index is 11.8. The number of methoxy groups -OCH3 is 1. The van der Waals surface area contributed by atoms with Gasteiger partial charge < -0.3 is 33.7 Å². The van der Waals surface area contributed by atoms with Crippen LogP contribution in [0.2, 0.25) is 0 Å². The van der Waals surface area contributed by atoms with Crippen LogP contribution in [0.3, 0.4) is 0 Å². The van der Waals surface area contributed by atoms with Gasteiger partial charge in [-0.1, -0.05) is 103 Å². The Balaban J connectivity index is 1.79. The van der Waals surface area contributed by atoms with E-state index in [4.69, 9.17) is 28.4 Å². The standard InChI is InChI=1S/C29H57NO7/c1-3-4-5-6-7-8-9-10-11-12-13-14-15-16-17-18-19-35-29-36-25-27(37-29)24-30-28(31)26-34-23-22-33-21-20-32-2/h27,29H,3-26H2,1-2H3,(H,30,31). The van der Waals surface area contributed by atoms with Gasteiger partial charge in [-0.2, -0.15) is 0 Å². The van der Waals surface area contributed by atoms with Gasteiger partial charge in [-0.25, -0.2) is 0 Å². The van der Waals surface area contributed by atoms with E-state index < -0.39 is 6.48 Å². The molecule has 2 atom stereocenters. The van der Waals surface area contributed by atoms with Crippen molar-refractivity contribution in [3.8, 4) is 0 Å². The fraction of sp³-hybridized carbons (Fsp3) is 0.966. The predicted octanol–water partition coefficient (Wildman–Crippen LogP) is 5.76. The van der Waals surface area contributed by atoms with Crippen LogP contribution >= 0.6 is 0 Å². The van der Waals surface area contributed by atoms with Gasteiger partial charge in [-0.05, 0) is 6.42 Å². The quantitative estimate of drug-likeness (QED) is 0.129. The Bertz CT molecular complexity index is 495. The van der Waals surface area contributed by atoms with Crippen molar-refractivity contribution >= 4 is 5.91 Å². The predicted molar refractivity (Wildman–Crippen MR) is 147 cm³/mol. The highest BCUT2D eigenvalue weighted by molar-refractivity contribution is 5.77. The lowest BCUT2D eigenvalue weighted by atomic mass is 10.0. The highest BCUT2D eigenvalue weighted by atomic mass is 16.9. The van der Waals surface area contributed by atoms with Crippen molar-refractivity contribution in [2.24, 2.45) is 0 Å². The zero-order chi connectivity index (χ0) is 26.7. The molecule has 0 radical (unpaired) electrons. The molecule has 37 heavy (non-hydrogen) atoms. The smallest absolute Gasteiger partial charge is 0.272 e. The van der Waals surface area contributed by atoms with Crippen LogP contribution in [-0.4, -0.2) is 78.4 Å². The molecule has 0 aliphatic carbocycles. The minimum atomic E-state index is -0.626. The average Bonchev–Trinajstić information content (AvgIpc) is 3.36. The third-order valence-corrected chi connectivity index (χ3v) is 6.54. The summed E-state index contributed by atoms with van der Waals surface area (Å²) in [4.78, 5) is 11.8. The first kappa shape index (κ1) is 34.3. The molecule has 1 fully saturated rings. The lowest BCUT2D eigenvalue weighted by molar-refractivity contribution is -0.237. The van der Waals surface area contributed by atoms with Crippen molar-refractivity contribution in [1.82, 2.24) is 5.32 Å². The van der Waals surface area contributed by atoms with Gasteiger partial charge in [0, 0.05) is 13.7 Å². The Morgan fingerprint density at radius 3 is 1.86 bits per heavy atom. The molecule has 1 saturated heterocycles. The summed E-state index contributed by atoms with van der Waals surface area (Å²) in [5, 5.41) is 2.80. The maximum atomic E-state index is 11.8. The van der Waals surface area contributed by atoms with Crippen molar-refractivity contribution in [2.75, 3.05) is 59.9 Å². The van der Waals surface area contributed by atoms with E-state index in [1.54, 1.807) is 7.11 Å². The highest BCUT2D eigenvalue weighted by Crippen LogP contribution is 2.15. The molecule has 1 N–H and O–H groups in total. The molecule has 0 aromatic carbocycles. The summed E-state index contributed by atoms with van der Waals surface area (Å²) in [5.41, 5.74) is 0. The van der Waals surface area contributed by atoms with Crippen molar-refractivity contribution in [2.45, 2.75) is 122 Å². The van der Waals surface area contributed by atoms with Gasteiger partial charge in [0.1, 0.15) is 12.7 Å². The molecule has 1 amide bonds. The summed E-state index contributed by atoms with van der Waals surface area (Å²) in [6.45, 7) is 4.97. The number of amides is 1. The van der Waals surface area contributed by atoms with Gasteiger partial charge in [0.2, 0.25) is 5.91 Å². The number of unbranched alkanes of at least 4 members (excludes halogenated alkanes) is 15. The van der Waals surface area contributed by atoms with E-state index >= 15 is 0 Å². The minimum Gasteiger partial charge on any atom is -0.382 e. The molecule has 2 unspecified atom stereocenters. The summed E-state index contributed by atoms with van der Waals surface area (Å²) in [5.74, 6) is -0.182. The fourth-order valence-corrected chi connectivity index (χ4v) is 4.25. The fourth-order valence-electron chi connectivity index (χ4n) is 4.25. The Morgan fingerprint density at radius 1 is 0.730 bits per heavy atom. The second-order valence-corrected chi connectivity index (χ2v) is 10.0. The summed E-state index contributed by atoms with van der Waals surface area (Å²) in [6.07, 6.45) is 21.5. The Kier molecular flexibility index (Phi) is 24.8. The first-order valence-electron chi connectivity index (χ1n) is 15.1. The second-order valence-electron chi connectivity index (χ2n) is 10.0. The lowest BCUT2D eigenvalue weighted by Gasteiger charge is -2.13. The van der Waals surface area contributed by atoms with E-state index in [1.165, 1.54) is 96.3 Å². The van der Waals surface area contributed by atoms with Crippen LogP contribution < -0.4 is 5.32 Å². The summed E-state index contributed by atoms with van der Waals surface area (Å²) in [6, 6.07) is 0. The van der Waals surface area contributed by atoms with E-state index in [0.717, 1.165) is 6.42 Å². The molecule has 1 rings (SSSR count). The van der Waals surface area contributed by atoms with Gasteiger partial charge in [-0.3, -0.25) is 4.79 Å². The average molecular weight is 532 g/mol. The van der Waals surface area contributed by atoms with Gasteiger partial charge in [0.15, 0.2) is 0 Å². The number of hydrogen-bond acceptors (Lipinski definition) is 7. The zero-order valence-electron chi connectivity index (χ0n) is 24.0. The molecule has 1 aliphatic rings. The molecule has 0 saturated carbocycles. The first-order chi connectivity index (χ1) is 18.3. The molecule has 0 bridgehead atoms. The summed E-state index contributed by atoms with van der Waals surface area (Å²) in [7, 11) is 1.62. The highest BCUT2D eigenvalue weighted by Gasteiger charge is 2.26. The normalized spacial score (nSPS) is 17.5. The van der Waals surface area contributed by atoms with Crippen LogP contribution in [0.4, 0.5) is 0 Å². The van der Waals surface area contributed by atoms with E-state index in [0.29, 0.717) is 46.2 Å². The van der Waals surface area contributed by atoms with Crippen molar-refractivity contribution < 1.29 is 33.2 Å². The number of nitrogens with one attached hydrogen (secondary N) is 1. The Labute approximate surface area is 226 Å². The molecule has 220 valence electrons. The van der Waals surface area contributed by atoms with Crippen molar-refractivity contribution in [3.05, 3.63) is 0 Å². The lowest BCUT2D eigenvalue weighted by Crippen LogP contribution is -2.36. The third-order valence-electron chi connectivity index (χ3n) is 6.54. The van der Waals surface area contributed by atoms with Crippen LogP contribution in [0, 0.1) is 0 Å². The number of rotatable bonds is 28. The van der Waals surface area contributed by atoms with E-state index in [1.807, 2.05) is 0 Å². The molecule has 0 aromatic heterocycles. The van der Waals surface area contributed by atoms with Crippen molar-refractivity contribution in [3.63, 3.8) is 0 Å². The molecule has 0 spiro atoms. The second kappa shape index (κ2) is 26.8. The largest absolute Gasteiger partial charge is 0.382 e. The van der Waals surface area contributed by atoms with Crippen LogP contribution in [0.1, 0.15) is 110 Å². The van der Waals surface area contributed by atoms with Crippen LogP contribution in [0.25, 0.3) is 0 Å². The van der Waals surface area contributed by atoms with E-state index in [9.17, 15) is 4.79 Å². The molecule has 1 heterocycles. The Hall–Kier alpha value is -0.770. The Morgan fingerprint density at radius 2 is 1.27 bits per heavy atom. The SMILES string of the molecule is CCCCCCCCCCCCCCCCCCOC1OCC(CNC(=O)COCCOCCOC)O1. The van der Waals surface area contributed by atoms with Gasteiger partial charge >= 0.3 is 0 Å². The maximum Gasteiger partial charge on any atom is 0.272 e. The minimum absolute atomic E-state index is 0.000395. The van der Waals surface area contributed by atoms with E-state index in [-0.39, 0.29) is 18.6 Å². The molecular weight excluding hydrogens is 474 g/mol. The molecule has 1 aliphatic heterocycles. The number of ether oxygens (including phenoxy) is 6. The first-order valence-corrected chi connectivity index (χ1v) is 15.1. The number of carbonyl (C=O) groups is 1. The molecular formula is C29H57NO7. The topological polar surface area (TPSA) is 84.5 Å². The van der Waals surface area contributed by atoms with Gasteiger partial charge in [0.05, 0.1) is 39.6 Å². The molecule has 8 heteroatoms. The third kappa shape index (κ3) is 22.9. The van der Waals surface area contributed by atoms with Gasteiger partial charge in [-0.15, -0.1) is 0 Å². The monoisotopic (exact) mass is 531 g/mol.